The van der Waals surface area contributed by atoms with E-state index in [1.807, 2.05) is 19.1 Å². The van der Waals surface area contributed by atoms with Crippen LogP contribution < -0.4 is 5.32 Å². The van der Waals surface area contributed by atoms with E-state index in [0.29, 0.717) is 0 Å². The zero-order valence-electron chi connectivity index (χ0n) is 11.9. The fraction of sp³-hybridized carbons (Fsp3) is 0.438. The van der Waals surface area contributed by atoms with Crippen molar-refractivity contribution in [2.24, 2.45) is 0 Å². The average molecular weight is 258 g/mol. The molecule has 0 aliphatic heterocycles. The maximum atomic E-state index is 5.47. The Bertz CT molecular complexity index is 505. The van der Waals surface area contributed by atoms with Gasteiger partial charge in [-0.15, -0.1) is 0 Å². The molecule has 0 radical (unpaired) electrons. The second-order valence-corrected chi connectivity index (χ2v) is 4.92. The van der Waals surface area contributed by atoms with E-state index in [9.17, 15) is 0 Å². The van der Waals surface area contributed by atoms with E-state index in [-0.39, 0.29) is 6.04 Å². The third-order valence-electron chi connectivity index (χ3n) is 3.27. The normalized spacial score (nSPS) is 12.6. The van der Waals surface area contributed by atoms with Crippen molar-refractivity contribution in [3.63, 3.8) is 0 Å². The molecule has 19 heavy (non-hydrogen) atoms. The largest absolute Gasteiger partial charge is 0.469 e. The zero-order valence-corrected chi connectivity index (χ0v) is 11.9. The SMILES string of the molecule is CCCNC(Cc1ccco1)c1ccc(C)nc1C. The van der Waals surface area contributed by atoms with Gasteiger partial charge in [0.25, 0.3) is 0 Å². The number of nitrogens with zero attached hydrogens (tertiary/aromatic N) is 1. The predicted octanol–water partition coefficient (Wildman–Crippen LogP) is 3.57. The fourth-order valence-electron chi connectivity index (χ4n) is 2.31. The van der Waals surface area contributed by atoms with E-state index >= 15 is 0 Å². The lowest BCUT2D eigenvalue weighted by Crippen LogP contribution is -2.25. The van der Waals surface area contributed by atoms with Gasteiger partial charge in [0.05, 0.1) is 6.26 Å². The maximum Gasteiger partial charge on any atom is 0.105 e. The molecule has 0 spiro atoms. The average Bonchev–Trinajstić information content (AvgIpc) is 2.88. The minimum atomic E-state index is 0.263. The molecule has 0 aliphatic rings. The monoisotopic (exact) mass is 258 g/mol. The molecule has 0 bridgehead atoms. The lowest BCUT2D eigenvalue weighted by Gasteiger charge is -2.19. The van der Waals surface area contributed by atoms with Crippen LogP contribution in [0.25, 0.3) is 0 Å². The Morgan fingerprint density at radius 2 is 2.11 bits per heavy atom. The molecule has 0 saturated carbocycles. The van der Waals surface area contributed by atoms with Crippen LogP contribution in [0.1, 0.15) is 42.1 Å². The van der Waals surface area contributed by atoms with Crippen molar-refractivity contribution < 1.29 is 4.42 Å². The second kappa shape index (κ2) is 6.53. The fourth-order valence-corrected chi connectivity index (χ4v) is 2.31. The van der Waals surface area contributed by atoms with E-state index in [4.69, 9.17) is 4.42 Å². The molecule has 1 N–H and O–H groups in total. The molecular weight excluding hydrogens is 236 g/mol. The molecule has 2 aromatic heterocycles. The molecule has 2 rings (SSSR count). The Labute approximate surface area is 115 Å². The quantitative estimate of drug-likeness (QED) is 0.860. The number of hydrogen-bond acceptors (Lipinski definition) is 3. The van der Waals surface area contributed by atoms with E-state index in [1.165, 1.54) is 5.56 Å². The third-order valence-corrected chi connectivity index (χ3v) is 3.27. The van der Waals surface area contributed by atoms with Crippen molar-refractivity contribution in [1.29, 1.82) is 0 Å². The van der Waals surface area contributed by atoms with Gasteiger partial charge in [0, 0.05) is 23.9 Å². The molecule has 0 saturated heterocycles. The Hall–Kier alpha value is -1.61. The number of aryl methyl sites for hydroxylation is 2. The van der Waals surface area contributed by atoms with Gasteiger partial charge in [-0.2, -0.15) is 0 Å². The highest BCUT2D eigenvalue weighted by Crippen LogP contribution is 2.21. The van der Waals surface area contributed by atoms with Crippen LogP contribution >= 0.6 is 0 Å². The van der Waals surface area contributed by atoms with Crippen LogP contribution in [0.3, 0.4) is 0 Å². The lowest BCUT2D eigenvalue weighted by molar-refractivity contribution is 0.447. The van der Waals surface area contributed by atoms with E-state index in [1.54, 1.807) is 6.26 Å². The highest BCUT2D eigenvalue weighted by Gasteiger charge is 2.15. The van der Waals surface area contributed by atoms with Gasteiger partial charge in [-0.05, 0) is 50.6 Å². The van der Waals surface area contributed by atoms with Gasteiger partial charge < -0.3 is 9.73 Å². The summed E-state index contributed by atoms with van der Waals surface area (Å²) in [6, 6.07) is 8.47. The summed E-state index contributed by atoms with van der Waals surface area (Å²) in [6.45, 7) is 7.28. The molecule has 0 amide bonds. The number of aromatic nitrogens is 1. The molecule has 3 heteroatoms. The summed E-state index contributed by atoms with van der Waals surface area (Å²) >= 11 is 0. The van der Waals surface area contributed by atoms with Gasteiger partial charge in [0.1, 0.15) is 5.76 Å². The molecule has 1 unspecified atom stereocenters. The molecule has 2 aromatic rings. The molecule has 0 aromatic carbocycles. The van der Waals surface area contributed by atoms with Crippen molar-refractivity contribution >= 4 is 0 Å². The zero-order chi connectivity index (χ0) is 13.7. The van der Waals surface area contributed by atoms with Gasteiger partial charge in [-0.3, -0.25) is 4.98 Å². The van der Waals surface area contributed by atoms with Crippen LogP contribution in [0.5, 0.6) is 0 Å². The summed E-state index contributed by atoms with van der Waals surface area (Å²) in [7, 11) is 0. The minimum absolute atomic E-state index is 0.263. The van der Waals surface area contributed by atoms with Crippen molar-refractivity contribution in [2.45, 2.75) is 39.7 Å². The lowest BCUT2D eigenvalue weighted by atomic mass is 10.0. The molecule has 3 nitrogen and oxygen atoms in total. The first-order valence-electron chi connectivity index (χ1n) is 6.90. The Kier molecular flexibility index (Phi) is 4.74. The number of rotatable bonds is 6. The highest BCUT2D eigenvalue weighted by atomic mass is 16.3. The van der Waals surface area contributed by atoms with Gasteiger partial charge in [-0.1, -0.05) is 13.0 Å². The van der Waals surface area contributed by atoms with Gasteiger partial charge in [0.15, 0.2) is 0 Å². The number of furan rings is 1. The summed E-state index contributed by atoms with van der Waals surface area (Å²) in [5.74, 6) is 1.01. The third kappa shape index (κ3) is 3.67. The first-order valence-corrected chi connectivity index (χ1v) is 6.90. The molecule has 0 fully saturated rings. The molecule has 0 aliphatic carbocycles. The summed E-state index contributed by atoms with van der Waals surface area (Å²) in [6.07, 6.45) is 3.71. The van der Waals surface area contributed by atoms with Crippen LogP contribution in [0.2, 0.25) is 0 Å². The first-order chi connectivity index (χ1) is 9.20. The number of pyridine rings is 1. The van der Waals surface area contributed by atoms with Crippen LogP contribution in [0.4, 0.5) is 0 Å². The minimum Gasteiger partial charge on any atom is -0.469 e. The molecule has 2 heterocycles. The Morgan fingerprint density at radius 1 is 1.26 bits per heavy atom. The smallest absolute Gasteiger partial charge is 0.105 e. The van der Waals surface area contributed by atoms with Crippen molar-refractivity contribution in [2.75, 3.05) is 6.54 Å². The Morgan fingerprint density at radius 3 is 2.74 bits per heavy atom. The highest BCUT2D eigenvalue weighted by molar-refractivity contribution is 5.26. The van der Waals surface area contributed by atoms with Crippen LogP contribution in [-0.2, 0) is 6.42 Å². The van der Waals surface area contributed by atoms with Crippen LogP contribution in [-0.4, -0.2) is 11.5 Å². The summed E-state index contributed by atoms with van der Waals surface area (Å²) in [4.78, 5) is 4.56. The van der Waals surface area contributed by atoms with Crippen LogP contribution in [0, 0.1) is 13.8 Å². The second-order valence-electron chi connectivity index (χ2n) is 4.92. The van der Waals surface area contributed by atoms with Crippen molar-refractivity contribution in [1.82, 2.24) is 10.3 Å². The predicted molar refractivity (Wildman–Crippen MR) is 77.2 cm³/mol. The van der Waals surface area contributed by atoms with Crippen molar-refractivity contribution in [3.8, 4) is 0 Å². The molecular formula is C16H22N2O. The molecule has 1 atom stereocenters. The van der Waals surface area contributed by atoms with Gasteiger partial charge >= 0.3 is 0 Å². The van der Waals surface area contributed by atoms with E-state index in [0.717, 1.165) is 36.5 Å². The summed E-state index contributed by atoms with van der Waals surface area (Å²) < 4.78 is 5.47. The summed E-state index contributed by atoms with van der Waals surface area (Å²) in [5.41, 5.74) is 3.42. The van der Waals surface area contributed by atoms with E-state index in [2.05, 4.69) is 36.3 Å². The number of nitrogens with one attached hydrogen (secondary N) is 1. The molecule has 102 valence electrons. The standard InChI is InChI=1S/C16H22N2O/c1-4-9-17-16(11-14-6-5-10-19-14)15-8-7-12(2)18-13(15)3/h5-8,10,16-17H,4,9,11H2,1-3H3. The van der Waals surface area contributed by atoms with Gasteiger partial charge in [0.2, 0.25) is 0 Å². The topological polar surface area (TPSA) is 38.1 Å². The van der Waals surface area contributed by atoms with Crippen molar-refractivity contribution in [3.05, 3.63) is 53.2 Å². The maximum absolute atomic E-state index is 5.47. The van der Waals surface area contributed by atoms with Gasteiger partial charge in [-0.25, -0.2) is 0 Å². The van der Waals surface area contributed by atoms with Crippen LogP contribution in [0.15, 0.2) is 34.9 Å². The number of hydrogen-bond donors (Lipinski definition) is 1. The Balaban J connectivity index is 2.20. The first kappa shape index (κ1) is 13.8. The summed E-state index contributed by atoms with van der Waals surface area (Å²) in [5, 5.41) is 3.58. The van der Waals surface area contributed by atoms with E-state index < -0.39 is 0 Å².